The van der Waals surface area contributed by atoms with Crippen LogP contribution in [0.1, 0.15) is 24.3 Å². The maximum atomic E-state index is 12.4. The van der Waals surface area contributed by atoms with Gasteiger partial charge in [-0.25, -0.2) is 0 Å². The van der Waals surface area contributed by atoms with E-state index in [1.165, 1.54) is 6.21 Å². The summed E-state index contributed by atoms with van der Waals surface area (Å²) in [5.74, 6) is -0.130. The van der Waals surface area contributed by atoms with Crippen LogP contribution in [0.3, 0.4) is 0 Å². The van der Waals surface area contributed by atoms with Crippen LogP contribution in [0.5, 0.6) is 0 Å². The largest absolute Gasteiger partial charge is 0.511 e. The Morgan fingerprint density at radius 3 is 2.43 bits per heavy atom. The zero-order valence-corrected chi connectivity index (χ0v) is 13.2. The number of Topliss-reactive ketones (excluding diaryl/α,β-unsaturated/α-hetero) is 1. The summed E-state index contributed by atoms with van der Waals surface area (Å²) in [6.07, 6.45) is 2.17. The zero-order chi connectivity index (χ0) is 16.2. The summed E-state index contributed by atoms with van der Waals surface area (Å²) < 4.78 is 0. The first-order valence-corrected chi connectivity index (χ1v) is 7.82. The summed E-state index contributed by atoms with van der Waals surface area (Å²) in [5, 5.41) is 10.9. The molecule has 1 unspecified atom stereocenters. The van der Waals surface area contributed by atoms with Gasteiger partial charge in [0.15, 0.2) is 5.78 Å². The Balaban J connectivity index is 1.84. The van der Waals surface area contributed by atoms with Crippen LogP contribution in [0.25, 0.3) is 0 Å². The molecule has 3 rings (SSSR count). The van der Waals surface area contributed by atoms with Crippen molar-refractivity contribution in [3.63, 3.8) is 0 Å². The van der Waals surface area contributed by atoms with Gasteiger partial charge in [-0.05, 0) is 29.7 Å². The lowest BCUT2D eigenvalue weighted by atomic mass is 9.83. The van der Waals surface area contributed by atoms with Gasteiger partial charge in [0, 0.05) is 24.1 Å². The van der Waals surface area contributed by atoms with Crippen LogP contribution in [0.2, 0.25) is 5.02 Å². The molecule has 0 fully saturated rings. The van der Waals surface area contributed by atoms with Gasteiger partial charge in [-0.3, -0.25) is 9.79 Å². The third-order valence-electron chi connectivity index (χ3n) is 3.93. The third kappa shape index (κ3) is 3.51. The Morgan fingerprint density at radius 1 is 1.04 bits per heavy atom. The molecule has 0 saturated heterocycles. The van der Waals surface area contributed by atoms with Gasteiger partial charge in [0.05, 0.1) is 11.3 Å². The van der Waals surface area contributed by atoms with Crippen LogP contribution in [-0.2, 0) is 4.79 Å². The average molecular weight is 326 g/mol. The first-order chi connectivity index (χ1) is 11.1. The molecule has 0 heterocycles. The minimum absolute atomic E-state index is 0.0749. The van der Waals surface area contributed by atoms with E-state index in [0.717, 1.165) is 11.3 Å². The van der Waals surface area contributed by atoms with E-state index >= 15 is 0 Å². The lowest BCUT2D eigenvalue weighted by Crippen LogP contribution is -2.19. The second kappa shape index (κ2) is 6.80. The fourth-order valence-electron chi connectivity index (χ4n) is 2.74. The molecular formula is C19H16ClNO2. The van der Waals surface area contributed by atoms with Crippen LogP contribution in [0.15, 0.2) is 70.9 Å². The van der Waals surface area contributed by atoms with Gasteiger partial charge in [-0.15, -0.1) is 0 Å². The van der Waals surface area contributed by atoms with E-state index < -0.39 is 0 Å². The number of aliphatic hydroxyl groups is 1. The third-order valence-corrected chi connectivity index (χ3v) is 4.27. The maximum absolute atomic E-state index is 12.4. The summed E-state index contributed by atoms with van der Waals surface area (Å²) in [6.45, 7) is 0. The van der Waals surface area contributed by atoms with Gasteiger partial charge < -0.3 is 5.11 Å². The molecule has 0 saturated carbocycles. The molecular weight excluding hydrogens is 310 g/mol. The molecule has 23 heavy (non-hydrogen) atoms. The van der Waals surface area contributed by atoms with Gasteiger partial charge >= 0.3 is 0 Å². The van der Waals surface area contributed by atoms with Crippen molar-refractivity contribution in [2.45, 2.75) is 18.8 Å². The zero-order valence-electron chi connectivity index (χ0n) is 12.4. The maximum Gasteiger partial charge on any atom is 0.168 e. The van der Waals surface area contributed by atoms with Crippen LogP contribution in [0, 0.1) is 0 Å². The monoisotopic (exact) mass is 325 g/mol. The highest BCUT2D eigenvalue weighted by molar-refractivity contribution is 6.31. The number of hydrogen-bond acceptors (Lipinski definition) is 3. The van der Waals surface area contributed by atoms with E-state index in [4.69, 9.17) is 11.6 Å². The van der Waals surface area contributed by atoms with Gasteiger partial charge in [0.1, 0.15) is 5.76 Å². The highest BCUT2D eigenvalue weighted by atomic mass is 35.5. The van der Waals surface area contributed by atoms with E-state index in [1.54, 1.807) is 6.07 Å². The van der Waals surface area contributed by atoms with Crippen molar-refractivity contribution < 1.29 is 9.90 Å². The first kappa shape index (κ1) is 15.5. The number of ketones is 1. The molecule has 0 radical (unpaired) electrons. The van der Waals surface area contributed by atoms with Crippen molar-refractivity contribution in [1.29, 1.82) is 0 Å². The number of aliphatic imine (C=N–C) groups is 1. The lowest BCUT2D eigenvalue weighted by Gasteiger charge is -2.23. The lowest BCUT2D eigenvalue weighted by molar-refractivity contribution is -0.116. The van der Waals surface area contributed by atoms with Crippen LogP contribution < -0.4 is 0 Å². The molecule has 0 aliphatic heterocycles. The molecule has 4 heteroatoms. The Morgan fingerprint density at radius 2 is 1.74 bits per heavy atom. The normalized spacial score (nSPS) is 18.7. The molecule has 1 atom stereocenters. The molecule has 0 aromatic heterocycles. The molecule has 1 aliphatic rings. The Labute approximate surface area is 140 Å². The predicted octanol–water partition coefficient (Wildman–Crippen LogP) is 5.00. The second-order valence-electron chi connectivity index (χ2n) is 5.50. The van der Waals surface area contributed by atoms with Crippen molar-refractivity contribution in [1.82, 2.24) is 0 Å². The SMILES string of the molecule is O=C1CC(c2ccccc2Cl)CC(O)=C1C=Nc1ccccc1. The van der Waals surface area contributed by atoms with E-state index in [9.17, 15) is 9.90 Å². The van der Waals surface area contributed by atoms with Gasteiger partial charge in [-0.1, -0.05) is 48.0 Å². The molecule has 1 N–H and O–H groups in total. The van der Waals surface area contributed by atoms with E-state index in [-0.39, 0.29) is 23.0 Å². The minimum Gasteiger partial charge on any atom is -0.511 e. The number of para-hydroxylation sites is 1. The number of aliphatic hydroxyl groups excluding tert-OH is 1. The quantitative estimate of drug-likeness (QED) is 0.807. The topological polar surface area (TPSA) is 49.7 Å². The number of nitrogens with zero attached hydrogens (tertiary/aromatic N) is 1. The standard InChI is InChI=1S/C19H16ClNO2/c20-17-9-5-4-8-15(17)13-10-18(22)16(19(23)11-13)12-21-14-6-2-1-3-7-14/h1-9,12-13,22H,10-11H2. The van der Waals surface area contributed by atoms with Gasteiger partial charge in [0.2, 0.25) is 0 Å². The number of allylic oxidation sites excluding steroid dienone is 2. The second-order valence-corrected chi connectivity index (χ2v) is 5.91. The number of rotatable bonds is 3. The van der Waals surface area contributed by atoms with Gasteiger partial charge in [-0.2, -0.15) is 0 Å². The van der Waals surface area contributed by atoms with Crippen LogP contribution >= 0.6 is 11.6 Å². The van der Waals surface area contributed by atoms with Crippen molar-refractivity contribution in [3.8, 4) is 0 Å². The number of benzene rings is 2. The number of halogens is 1. The smallest absolute Gasteiger partial charge is 0.168 e. The summed E-state index contributed by atoms with van der Waals surface area (Å²) in [5.41, 5.74) is 1.93. The Bertz CT molecular complexity index is 781. The molecule has 116 valence electrons. The minimum atomic E-state index is -0.113. The molecule has 2 aromatic rings. The Hall–Kier alpha value is -2.39. The van der Waals surface area contributed by atoms with Gasteiger partial charge in [0.25, 0.3) is 0 Å². The molecule has 0 bridgehead atoms. The molecule has 0 spiro atoms. The summed E-state index contributed by atoms with van der Waals surface area (Å²) in [4.78, 5) is 16.6. The fraction of sp³-hybridized carbons (Fsp3) is 0.158. The van der Waals surface area contributed by atoms with E-state index in [2.05, 4.69) is 4.99 Å². The van der Waals surface area contributed by atoms with Crippen molar-refractivity contribution >= 4 is 29.3 Å². The fourth-order valence-corrected chi connectivity index (χ4v) is 3.03. The molecule has 2 aromatic carbocycles. The van der Waals surface area contributed by atoms with Crippen molar-refractivity contribution in [3.05, 3.63) is 76.5 Å². The van der Waals surface area contributed by atoms with Crippen molar-refractivity contribution in [2.75, 3.05) is 0 Å². The van der Waals surface area contributed by atoms with E-state index in [0.29, 0.717) is 17.9 Å². The molecule has 3 nitrogen and oxygen atoms in total. The summed E-state index contributed by atoms with van der Waals surface area (Å²) >= 11 is 6.20. The number of hydrogen-bond donors (Lipinski definition) is 1. The van der Waals surface area contributed by atoms with E-state index in [1.807, 2.05) is 48.5 Å². The first-order valence-electron chi connectivity index (χ1n) is 7.44. The van der Waals surface area contributed by atoms with Crippen molar-refractivity contribution in [2.24, 2.45) is 4.99 Å². The summed E-state index contributed by atoms with van der Waals surface area (Å²) in [6, 6.07) is 16.8. The number of carbonyl (C=O) groups is 1. The molecule has 1 aliphatic carbocycles. The molecule has 0 amide bonds. The predicted molar refractivity (Wildman–Crippen MR) is 92.7 cm³/mol. The summed E-state index contributed by atoms with van der Waals surface area (Å²) in [7, 11) is 0. The number of carbonyl (C=O) groups excluding carboxylic acids is 1. The highest BCUT2D eigenvalue weighted by Crippen LogP contribution is 2.36. The van der Waals surface area contributed by atoms with Crippen LogP contribution in [0.4, 0.5) is 5.69 Å². The highest BCUT2D eigenvalue weighted by Gasteiger charge is 2.28. The average Bonchev–Trinajstić information content (AvgIpc) is 2.55. The van der Waals surface area contributed by atoms with Crippen LogP contribution in [-0.4, -0.2) is 17.1 Å². The Kier molecular flexibility index (Phi) is 4.58.